The van der Waals surface area contributed by atoms with Gasteiger partial charge in [-0.25, -0.2) is 0 Å². The minimum Gasteiger partial charge on any atom is -0.463 e. The molecule has 1 fully saturated rings. The van der Waals surface area contributed by atoms with E-state index in [1.54, 1.807) is 18.2 Å². The molecule has 0 saturated heterocycles. The maximum Gasteiger partial charge on any atom is 0.251 e. The summed E-state index contributed by atoms with van der Waals surface area (Å²) in [5.74, 6) is 0.189. The quantitative estimate of drug-likeness (QED) is 0.614. The summed E-state index contributed by atoms with van der Waals surface area (Å²) in [4.78, 5) is 28.2. The summed E-state index contributed by atoms with van der Waals surface area (Å²) in [6.45, 7) is 3.72. The summed E-state index contributed by atoms with van der Waals surface area (Å²) in [5.41, 5.74) is 2.41. The molecule has 2 heterocycles. The maximum absolute atomic E-state index is 12.7. The van der Waals surface area contributed by atoms with Gasteiger partial charge in [0, 0.05) is 28.8 Å². The van der Waals surface area contributed by atoms with Crippen molar-refractivity contribution in [3.63, 3.8) is 0 Å². The molecule has 3 aromatic rings. The Bertz CT molecular complexity index is 1050. The fraction of sp³-hybridized carbons (Fsp3) is 0.375. The lowest BCUT2D eigenvalue weighted by Gasteiger charge is -2.36. The van der Waals surface area contributed by atoms with Gasteiger partial charge in [0.2, 0.25) is 0 Å². The molecule has 0 bridgehead atoms. The van der Waals surface area contributed by atoms with Gasteiger partial charge in [0.15, 0.2) is 6.29 Å². The summed E-state index contributed by atoms with van der Waals surface area (Å²) in [7, 11) is 0. The van der Waals surface area contributed by atoms with E-state index in [1.807, 2.05) is 26.0 Å². The van der Waals surface area contributed by atoms with Crippen LogP contribution in [0.25, 0.3) is 22.2 Å². The zero-order valence-corrected chi connectivity index (χ0v) is 17.2. The van der Waals surface area contributed by atoms with Crippen LogP contribution < -0.4 is 5.32 Å². The van der Waals surface area contributed by atoms with E-state index in [2.05, 4.69) is 10.3 Å². The Balaban J connectivity index is 1.45. The van der Waals surface area contributed by atoms with Crippen LogP contribution >= 0.6 is 0 Å². The lowest BCUT2D eigenvalue weighted by Crippen LogP contribution is -2.41. The zero-order chi connectivity index (χ0) is 21.3. The normalized spacial score (nSPS) is 19.6. The third kappa shape index (κ3) is 4.00. The topological polar surface area (TPSA) is 92.4 Å². The summed E-state index contributed by atoms with van der Waals surface area (Å²) in [6.07, 6.45) is 7.35. The molecule has 2 aromatic heterocycles. The third-order valence-electron chi connectivity index (χ3n) is 6.12. The molecule has 0 unspecified atom stereocenters. The number of carbonyl (C=O) groups excluding carboxylic acids is 2. The van der Waals surface area contributed by atoms with Crippen LogP contribution in [0.15, 0.2) is 47.2 Å². The molecule has 6 heteroatoms. The maximum atomic E-state index is 12.7. The highest BCUT2D eigenvalue weighted by Crippen LogP contribution is 2.33. The van der Waals surface area contributed by atoms with Crippen molar-refractivity contribution >= 4 is 23.2 Å². The minimum absolute atomic E-state index is 0.0917. The average molecular weight is 406 g/mol. The van der Waals surface area contributed by atoms with Crippen LogP contribution in [0.4, 0.5) is 0 Å². The highest BCUT2D eigenvalue weighted by molar-refractivity contribution is 6.01. The van der Waals surface area contributed by atoms with Gasteiger partial charge in [0.25, 0.3) is 5.91 Å². The molecule has 4 rings (SSSR count). The summed E-state index contributed by atoms with van der Waals surface area (Å²) < 4.78 is 5.43. The van der Waals surface area contributed by atoms with Crippen molar-refractivity contribution in [2.24, 2.45) is 5.92 Å². The van der Waals surface area contributed by atoms with Crippen molar-refractivity contribution in [1.29, 1.82) is 0 Å². The van der Waals surface area contributed by atoms with Gasteiger partial charge in [-0.2, -0.15) is 0 Å². The predicted molar refractivity (Wildman–Crippen MR) is 114 cm³/mol. The minimum atomic E-state index is -0.664. The number of amides is 1. The van der Waals surface area contributed by atoms with Crippen LogP contribution in [-0.4, -0.2) is 33.9 Å². The molecule has 156 valence electrons. The molecule has 0 atom stereocenters. The Hall–Kier alpha value is -2.99. The molecule has 0 radical (unpaired) electrons. The fourth-order valence-corrected chi connectivity index (χ4v) is 4.29. The predicted octanol–water partition coefficient (Wildman–Crippen LogP) is 4.37. The molecule has 1 saturated carbocycles. The largest absolute Gasteiger partial charge is 0.463 e. The Morgan fingerprint density at radius 1 is 1.17 bits per heavy atom. The van der Waals surface area contributed by atoms with E-state index in [0.29, 0.717) is 22.4 Å². The van der Waals surface area contributed by atoms with Crippen molar-refractivity contribution in [2.45, 2.75) is 51.2 Å². The first-order valence-corrected chi connectivity index (χ1v) is 10.3. The zero-order valence-electron chi connectivity index (χ0n) is 17.2. The van der Waals surface area contributed by atoms with Gasteiger partial charge in [0.1, 0.15) is 5.58 Å². The number of pyridine rings is 1. The van der Waals surface area contributed by atoms with Crippen LogP contribution in [0.1, 0.15) is 60.2 Å². The summed E-state index contributed by atoms with van der Waals surface area (Å²) in [5, 5.41) is 14.1. The number of carbonyl (C=O) groups is 2. The Kier molecular flexibility index (Phi) is 5.43. The highest BCUT2D eigenvalue weighted by atomic mass is 16.3. The lowest BCUT2D eigenvalue weighted by molar-refractivity contribution is -0.00257. The van der Waals surface area contributed by atoms with E-state index in [9.17, 15) is 14.7 Å². The van der Waals surface area contributed by atoms with Gasteiger partial charge in [0.05, 0.1) is 23.1 Å². The van der Waals surface area contributed by atoms with Crippen LogP contribution in [0.5, 0.6) is 0 Å². The fourth-order valence-electron chi connectivity index (χ4n) is 4.29. The molecule has 0 aliphatic heterocycles. The molecule has 0 spiro atoms. The average Bonchev–Trinajstić information content (AvgIpc) is 3.23. The number of aromatic nitrogens is 1. The number of aldehydes is 1. The van der Waals surface area contributed by atoms with E-state index in [1.165, 1.54) is 12.5 Å². The van der Waals surface area contributed by atoms with Gasteiger partial charge in [-0.3, -0.25) is 14.6 Å². The molecule has 30 heavy (non-hydrogen) atoms. The number of fused-ring (bicyclic) bond motifs is 1. The first-order valence-electron chi connectivity index (χ1n) is 10.3. The number of aliphatic hydroxyl groups is 1. The lowest BCUT2D eigenvalue weighted by atomic mass is 9.77. The van der Waals surface area contributed by atoms with Crippen molar-refractivity contribution in [2.75, 3.05) is 0 Å². The van der Waals surface area contributed by atoms with Crippen LogP contribution in [0, 0.1) is 5.92 Å². The van der Waals surface area contributed by atoms with E-state index >= 15 is 0 Å². The van der Waals surface area contributed by atoms with Crippen molar-refractivity contribution < 1.29 is 19.1 Å². The third-order valence-corrected chi connectivity index (χ3v) is 6.12. The van der Waals surface area contributed by atoms with Crippen LogP contribution in [-0.2, 0) is 0 Å². The summed E-state index contributed by atoms with van der Waals surface area (Å²) >= 11 is 0. The second-order valence-corrected chi connectivity index (χ2v) is 8.60. The van der Waals surface area contributed by atoms with Gasteiger partial charge >= 0.3 is 0 Å². The van der Waals surface area contributed by atoms with Crippen molar-refractivity contribution in [3.05, 3.63) is 53.9 Å². The van der Waals surface area contributed by atoms with E-state index < -0.39 is 5.60 Å². The first-order chi connectivity index (χ1) is 14.4. The number of hydrogen-bond donors (Lipinski definition) is 2. The molecule has 1 amide bonds. The van der Waals surface area contributed by atoms with E-state index in [-0.39, 0.29) is 17.9 Å². The monoisotopic (exact) mass is 406 g/mol. The SMILES string of the molecule is CC(C)(O)C1CCC(NC(=O)c2ccc(-c3ncc(C=O)c4occc34)cc2)CC1. The van der Waals surface area contributed by atoms with Gasteiger partial charge in [-0.05, 0) is 63.6 Å². The molecule has 1 aliphatic rings. The van der Waals surface area contributed by atoms with Crippen LogP contribution in [0.2, 0.25) is 0 Å². The number of rotatable bonds is 5. The van der Waals surface area contributed by atoms with Crippen molar-refractivity contribution in [1.82, 2.24) is 10.3 Å². The number of furan rings is 1. The molecular formula is C24H26N2O4. The Morgan fingerprint density at radius 2 is 1.87 bits per heavy atom. The molecule has 2 N–H and O–H groups in total. The number of benzene rings is 1. The standard InChI is InChI=1S/C24H26N2O4/c1-24(2,29)18-7-9-19(10-8-18)26-23(28)16-5-3-15(4-6-16)21-20-11-12-30-22(20)17(14-27)13-25-21/h3-6,11-14,18-19,29H,7-10H2,1-2H3,(H,26,28). The molecular weight excluding hydrogens is 380 g/mol. The number of nitrogens with one attached hydrogen (secondary N) is 1. The van der Waals surface area contributed by atoms with Gasteiger partial charge in [-0.1, -0.05) is 12.1 Å². The smallest absolute Gasteiger partial charge is 0.251 e. The Morgan fingerprint density at radius 3 is 2.50 bits per heavy atom. The Labute approximate surface area is 175 Å². The number of hydrogen-bond acceptors (Lipinski definition) is 5. The first kappa shape index (κ1) is 20.3. The van der Waals surface area contributed by atoms with Crippen LogP contribution in [0.3, 0.4) is 0 Å². The second kappa shape index (κ2) is 8.03. The molecule has 1 aliphatic carbocycles. The van der Waals surface area contributed by atoms with E-state index in [0.717, 1.165) is 42.9 Å². The van der Waals surface area contributed by atoms with Gasteiger partial charge in [-0.15, -0.1) is 0 Å². The summed E-state index contributed by atoms with van der Waals surface area (Å²) in [6, 6.07) is 9.21. The van der Waals surface area contributed by atoms with E-state index in [4.69, 9.17) is 4.42 Å². The van der Waals surface area contributed by atoms with Crippen molar-refractivity contribution in [3.8, 4) is 11.3 Å². The van der Waals surface area contributed by atoms with Gasteiger partial charge < -0.3 is 14.8 Å². The second-order valence-electron chi connectivity index (χ2n) is 8.60. The number of nitrogens with zero attached hydrogens (tertiary/aromatic N) is 1. The highest BCUT2D eigenvalue weighted by Gasteiger charge is 2.31. The molecule has 6 nitrogen and oxygen atoms in total. The molecule has 1 aromatic carbocycles.